The molecule has 0 aromatic heterocycles. The number of carboxylic acid groups (broad SMARTS) is 1. The van der Waals surface area contributed by atoms with E-state index in [0.717, 1.165) is 10.0 Å². The van der Waals surface area contributed by atoms with E-state index in [1.54, 1.807) is 13.0 Å². The monoisotopic (exact) mass is 284 g/mol. The Balaban J connectivity index is 2.92. The van der Waals surface area contributed by atoms with Crippen LogP contribution in [0.2, 0.25) is 0 Å². The second-order valence-electron chi connectivity index (χ2n) is 3.85. The fraction of sp³-hybridized carbons (Fsp3) is 0.333. The number of benzene rings is 1. The zero-order chi connectivity index (χ0) is 12.3. The predicted octanol–water partition coefficient (Wildman–Crippen LogP) is 3.05. The minimum Gasteiger partial charge on any atom is -0.481 e. The molecule has 0 bridgehead atoms. The molecule has 1 aromatic rings. The Morgan fingerprint density at radius 3 is 2.56 bits per heavy atom. The summed E-state index contributed by atoms with van der Waals surface area (Å²) in [5, 5.41) is 8.63. The van der Waals surface area contributed by atoms with Gasteiger partial charge in [-0.05, 0) is 24.6 Å². The van der Waals surface area contributed by atoms with Crippen molar-refractivity contribution in [2.24, 2.45) is 5.92 Å². The molecule has 1 aromatic carbocycles. The first-order valence-electron chi connectivity index (χ1n) is 4.94. The van der Waals surface area contributed by atoms with Gasteiger partial charge in [0, 0.05) is 16.0 Å². The number of rotatable bonds is 4. The Morgan fingerprint density at radius 2 is 2.06 bits per heavy atom. The molecule has 0 aliphatic rings. The van der Waals surface area contributed by atoms with Gasteiger partial charge in [-0.15, -0.1) is 0 Å². The second kappa shape index (κ2) is 5.25. The van der Waals surface area contributed by atoms with Gasteiger partial charge in [-0.25, -0.2) is 0 Å². The number of aryl methyl sites for hydroxylation is 1. The van der Waals surface area contributed by atoms with Crippen LogP contribution < -0.4 is 0 Å². The summed E-state index contributed by atoms with van der Waals surface area (Å²) in [6.45, 7) is 3.56. The molecule has 0 heterocycles. The van der Waals surface area contributed by atoms with Crippen LogP contribution in [0.25, 0.3) is 0 Å². The molecule has 0 saturated heterocycles. The molecule has 0 fully saturated rings. The van der Waals surface area contributed by atoms with Crippen LogP contribution in [0.5, 0.6) is 0 Å². The maximum absolute atomic E-state index is 11.9. The first-order chi connectivity index (χ1) is 7.41. The number of hydrogen-bond acceptors (Lipinski definition) is 2. The van der Waals surface area contributed by atoms with Crippen molar-refractivity contribution in [2.75, 3.05) is 0 Å². The number of halogens is 1. The van der Waals surface area contributed by atoms with Gasteiger partial charge < -0.3 is 5.11 Å². The molecule has 0 aliphatic heterocycles. The zero-order valence-corrected chi connectivity index (χ0v) is 10.7. The normalized spacial score (nSPS) is 12.2. The van der Waals surface area contributed by atoms with E-state index in [9.17, 15) is 9.59 Å². The van der Waals surface area contributed by atoms with Crippen molar-refractivity contribution in [1.82, 2.24) is 0 Å². The summed E-state index contributed by atoms with van der Waals surface area (Å²) < 4.78 is 0.717. The number of aliphatic carboxylic acids is 1. The van der Waals surface area contributed by atoms with Crippen LogP contribution in [-0.4, -0.2) is 16.9 Å². The Bertz CT molecular complexity index is 426. The first kappa shape index (κ1) is 12.9. The summed E-state index contributed by atoms with van der Waals surface area (Å²) in [7, 11) is 0. The summed E-state index contributed by atoms with van der Waals surface area (Å²) in [6.07, 6.45) is -0.140. The van der Waals surface area contributed by atoms with Crippen LogP contribution in [0.4, 0.5) is 0 Å². The Labute approximate surface area is 103 Å². The standard InChI is InChI=1S/C12H13BrO3/c1-7-3-4-9(10(13)5-7)12(16)8(2)6-11(14)15/h3-5,8H,6H2,1-2H3,(H,14,15). The third kappa shape index (κ3) is 3.17. The molecule has 0 amide bonds. The smallest absolute Gasteiger partial charge is 0.304 e. The van der Waals surface area contributed by atoms with Crippen molar-refractivity contribution in [3.8, 4) is 0 Å². The van der Waals surface area contributed by atoms with Gasteiger partial charge in [-0.2, -0.15) is 0 Å². The molecule has 86 valence electrons. The van der Waals surface area contributed by atoms with Crippen LogP contribution in [-0.2, 0) is 4.79 Å². The van der Waals surface area contributed by atoms with E-state index < -0.39 is 11.9 Å². The topological polar surface area (TPSA) is 54.4 Å². The van der Waals surface area contributed by atoms with Crippen molar-refractivity contribution in [3.63, 3.8) is 0 Å². The van der Waals surface area contributed by atoms with E-state index in [1.807, 2.05) is 19.1 Å². The largest absolute Gasteiger partial charge is 0.481 e. The van der Waals surface area contributed by atoms with E-state index in [4.69, 9.17) is 5.11 Å². The third-order valence-corrected chi connectivity index (χ3v) is 2.97. The van der Waals surface area contributed by atoms with Crippen LogP contribution in [0, 0.1) is 12.8 Å². The molecule has 3 nitrogen and oxygen atoms in total. The maximum atomic E-state index is 11.9. The number of carbonyl (C=O) groups excluding carboxylic acids is 1. The lowest BCUT2D eigenvalue weighted by Crippen LogP contribution is -2.15. The molecule has 4 heteroatoms. The van der Waals surface area contributed by atoms with E-state index >= 15 is 0 Å². The number of ketones is 1. The average Bonchev–Trinajstić information content (AvgIpc) is 2.15. The molecule has 0 saturated carbocycles. The van der Waals surface area contributed by atoms with Crippen LogP contribution in [0.15, 0.2) is 22.7 Å². The second-order valence-corrected chi connectivity index (χ2v) is 4.70. The summed E-state index contributed by atoms with van der Waals surface area (Å²) in [6, 6.07) is 5.41. The zero-order valence-electron chi connectivity index (χ0n) is 9.16. The highest BCUT2D eigenvalue weighted by Gasteiger charge is 2.19. The van der Waals surface area contributed by atoms with Gasteiger partial charge >= 0.3 is 5.97 Å². The van der Waals surface area contributed by atoms with Gasteiger partial charge in [-0.3, -0.25) is 9.59 Å². The third-order valence-electron chi connectivity index (χ3n) is 2.32. The average molecular weight is 285 g/mol. The fourth-order valence-corrected chi connectivity index (χ4v) is 2.13. The van der Waals surface area contributed by atoms with Crippen molar-refractivity contribution in [1.29, 1.82) is 0 Å². The van der Waals surface area contributed by atoms with E-state index in [1.165, 1.54) is 0 Å². The molecule has 1 unspecified atom stereocenters. The van der Waals surface area contributed by atoms with Crippen molar-refractivity contribution in [2.45, 2.75) is 20.3 Å². The molecular weight excluding hydrogens is 272 g/mol. The predicted molar refractivity (Wildman–Crippen MR) is 64.6 cm³/mol. The lowest BCUT2D eigenvalue weighted by Gasteiger charge is -2.09. The van der Waals surface area contributed by atoms with Gasteiger partial charge in [0.2, 0.25) is 0 Å². The minimum atomic E-state index is -0.955. The lowest BCUT2D eigenvalue weighted by molar-refractivity contribution is -0.137. The molecule has 1 rings (SSSR count). The van der Waals surface area contributed by atoms with Crippen LogP contribution >= 0.6 is 15.9 Å². The molecule has 0 radical (unpaired) electrons. The molecular formula is C12H13BrO3. The van der Waals surface area contributed by atoms with Crippen molar-refractivity contribution < 1.29 is 14.7 Å². The van der Waals surface area contributed by atoms with Crippen LogP contribution in [0.3, 0.4) is 0 Å². The first-order valence-corrected chi connectivity index (χ1v) is 5.73. The molecule has 0 aliphatic carbocycles. The summed E-state index contributed by atoms with van der Waals surface area (Å²) >= 11 is 3.31. The molecule has 0 spiro atoms. The van der Waals surface area contributed by atoms with Crippen molar-refractivity contribution in [3.05, 3.63) is 33.8 Å². The van der Waals surface area contributed by atoms with Crippen LogP contribution in [0.1, 0.15) is 29.3 Å². The lowest BCUT2D eigenvalue weighted by atomic mass is 9.96. The SMILES string of the molecule is Cc1ccc(C(=O)C(C)CC(=O)O)c(Br)c1. The number of hydrogen-bond donors (Lipinski definition) is 1. The molecule has 1 atom stereocenters. The maximum Gasteiger partial charge on any atom is 0.304 e. The van der Waals surface area contributed by atoms with Crippen molar-refractivity contribution >= 4 is 27.7 Å². The Morgan fingerprint density at radius 1 is 1.44 bits per heavy atom. The molecule has 16 heavy (non-hydrogen) atoms. The fourth-order valence-electron chi connectivity index (χ4n) is 1.44. The summed E-state index contributed by atoms with van der Waals surface area (Å²) in [5.74, 6) is -1.60. The van der Waals surface area contributed by atoms with E-state index in [-0.39, 0.29) is 12.2 Å². The van der Waals surface area contributed by atoms with Gasteiger partial charge in [-0.1, -0.05) is 28.9 Å². The van der Waals surface area contributed by atoms with Gasteiger partial charge in [0.1, 0.15) is 0 Å². The van der Waals surface area contributed by atoms with Gasteiger partial charge in [0.05, 0.1) is 6.42 Å². The Hall–Kier alpha value is -1.16. The van der Waals surface area contributed by atoms with Gasteiger partial charge in [0.25, 0.3) is 0 Å². The van der Waals surface area contributed by atoms with Gasteiger partial charge in [0.15, 0.2) is 5.78 Å². The summed E-state index contributed by atoms with van der Waals surface area (Å²) in [5.41, 5.74) is 1.59. The highest BCUT2D eigenvalue weighted by molar-refractivity contribution is 9.10. The number of Topliss-reactive ketones (excluding diaryl/α,β-unsaturated/α-hetero) is 1. The molecule has 1 N–H and O–H groups in total. The Kier molecular flexibility index (Phi) is 4.24. The number of carbonyl (C=O) groups is 2. The van der Waals surface area contributed by atoms with E-state index in [0.29, 0.717) is 5.56 Å². The minimum absolute atomic E-state index is 0.140. The summed E-state index contributed by atoms with van der Waals surface area (Å²) in [4.78, 5) is 22.4. The van der Waals surface area contributed by atoms with E-state index in [2.05, 4.69) is 15.9 Å². The number of carboxylic acids is 1. The quantitative estimate of drug-likeness (QED) is 0.865. The highest BCUT2D eigenvalue weighted by atomic mass is 79.9. The highest BCUT2D eigenvalue weighted by Crippen LogP contribution is 2.22.